The molecule has 18 heavy (non-hydrogen) atoms. The quantitative estimate of drug-likeness (QED) is 0.908. The van der Waals surface area contributed by atoms with Crippen LogP contribution in [-0.4, -0.2) is 5.91 Å². The molecule has 3 N–H and O–H groups in total. The summed E-state index contributed by atoms with van der Waals surface area (Å²) in [5.41, 5.74) is 7.97. The van der Waals surface area contributed by atoms with Crippen molar-refractivity contribution in [2.45, 2.75) is 13.0 Å². The number of hydrogen-bond donors (Lipinski definition) is 2. The molecule has 0 spiro atoms. The third-order valence-corrected chi connectivity index (χ3v) is 3.40. The van der Waals surface area contributed by atoms with E-state index in [9.17, 15) is 4.79 Å². The number of anilines is 1. The molecule has 1 aromatic heterocycles. The van der Waals surface area contributed by atoms with Crippen LogP contribution in [0, 0.1) is 0 Å². The third kappa shape index (κ3) is 3.57. The molecule has 0 saturated heterocycles. The van der Waals surface area contributed by atoms with Crippen molar-refractivity contribution in [1.82, 2.24) is 0 Å². The minimum Gasteiger partial charge on any atom is -0.326 e. The van der Waals surface area contributed by atoms with Gasteiger partial charge in [0.2, 0.25) is 5.91 Å². The smallest absolute Gasteiger partial charge is 0.221 e. The molecule has 2 aromatic rings. The SMILES string of the molecule is CC(=O)Nc1ccc([C@H](N)c2cccs2)cc1.Cl. The topological polar surface area (TPSA) is 55.1 Å². The third-order valence-electron chi connectivity index (χ3n) is 2.44. The van der Waals surface area contributed by atoms with Gasteiger partial charge in [-0.1, -0.05) is 18.2 Å². The van der Waals surface area contributed by atoms with Gasteiger partial charge in [0, 0.05) is 17.5 Å². The number of halogens is 1. The highest BCUT2D eigenvalue weighted by molar-refractivity contribution is 7.10. The normalized spacial score (nSPS) is 11.4. The predicted octanol–water partition coefficient (Wildman–Crippen LogP) is 3.18. The maximum Gasteiger partial charge on any atom is 0.221 e. The van der Waals surface area contributed by atoms with Crippen LogP contribution in [0.4, 0.5) is 5.69 Å². The zero-order valence-corrected chi connectivity index (χ0v) is 11.6. The molecular weight excluding hydrogens is 268 g/mol. The highest BCUT2D eigenvalue weighted by Crippen LogP contribution is 2.24. The summed E-state index contributed by atoms with van der Waals surface area (Å²) in [4.78, 5) is 12.0. The molecule has 0 aliphatic rings. The summed E-state index contributed by atoms with van der Waals surface area (Å²) in [6, 6.07) is 11.5. The van der Waals surface area contributed by atoms with Gasteiger partial charge >= 0.3 is 0 Å². The average Bonchev–Trinajstić information content (AvgIpc) is 2.82. The van der Waals surface area contributed by atoms with Crippen LogP contribution in [0.25, 0.3) is 0 Å². The number of rotatable bonds is 3. The number of benzene rings is 1. The highest BCUT2D eigenvalue weighted by atomic mass is 35.5. The van der Waals surface area contributed by atoms with Gasteiger partial charge in [0.15, 0.2) is 0 Å². The van der Waals surface area contributed by atoms with Gasteiger partial charge in [-0.15, -0.1) is 23.7 Å². The fourth-order valence-electron chi connectivity index (χ4n) is 1.61. The summed E-state index contributed by atoms with van der Waals surface area (Å²) >= 11 is 1.65. The number of thiophene rings is 1. The van der Waals surface area contributed by atoms with Crippen molar-refractivity contribution >= 4 is 35.3 Å². The molecule has 0 aliphatic carbocycles. The lowest BCUT2D eigenvalue weighted by atomic mass is 10.1. The first-order valence-electron chi connectivity index (χ1n) is 5.33. The maximum absolute atomic E-state index is 10.9. The molecule has 0 unspecified atom stereocenters. The monoisotopic (exact) mass is 282 g/mol. The lowest BCUT2D eigenvalue weighted by molar-refractivity contribution is -0.114. The molecular formula is C13H15ClN2OS. The Bertz CT molecular complexity index is 496. The van der Waals surface area contributed by atoms with Crippen LogP contribution >= 0.6 is 23.7 Å². The Morgan fingerprint density at radius 3 is 2.44 bits per heavy atom. The van der Waals surface area contributed by atoms with Crippen molar-refractivity contribution in [3.8, 4) is 0 Å². The van der Waals surface area contributed by atoms with Gasteiger partial charge in [-0.05, 0) is 29.1 Å². The highest BCUT2D eigenvalue weighted by Gasteiger charge is 2.09. The first-order chi connectivity index (χ1) is 8.16. The van der Waals surface area contributed by atoms with Gasteiger partial charge in [0.1, 0.15) is 0 Å². The number of carbonyl (C=O) groups excluding carboxylic acids is 1. The lowest BCUT2D eigenvalue weighted by Gasteiger charge is -2.10. The molecule has 1 aromatic carbocycles. The molecule has 1 heterocycles. The minimum absolute atomic E-state index is 0. The van der Waals surface area contributed by atoms with Crippen LogP contribution in [0.2, 0.25) is 0 Å². The minimum atomic E-state index is -0.0959. The first kappa shape index (κ1) is 14.7. The molecule has 2 rings (SSSR count). The van der Waals surface area contributed by atoms with Crippen LogP contribution in [0.5, 0.6) is 0 Å². The Morgan fingerprint density at radius 1 is 1.28 bits per heavy atom. The second kappa shape index (κ2) is 6.54. The van der Waals surface area contributed by atoms with Gasteiger partial charge in [0.25, 0.3) is 0 Å². The summed E-state index contributed by atoms with van der Waals surface area (Å²) in [6.45, 7) is 1.49. The van der Waals surface area contributed by atoms with Crippen molar-refractivity contribution in [2.75, 3.05) is 5.32 Å². The number of nitrogens with two attached hydrogens (primary N) is 1. The Kier molecular flexibility index (Phi) is 5.34. The second-order valence-electron chi connectivity index (χ2n) is 3.80. The largest absolute Gasteiger partial charge is 0.326 e. The van der Waals surface area contributed by atoms with E-state index in [0.29, 0.717) is 0 Å². The van der Waals surface area contributed by atoms with E-state index in [4.69, 9.17) is 5.73 Å². The van der Waals surface area contributed by atoms with Crippen LogP contribution < -0.4 is 11.1 Å². The molecule has 1 amide bonds. The number of carbonyl (C=O) groups is 1. The molecule has 96 valence electrons. The van der Waals surface area contributed by atoms with Crippen LogP contribution in [0.1, 0.15) is 23.4 Å². The van der Waals surface area contributed by atoms with Crippen molar-refractivity contribution in [3.63, 3.8) is 0 Å². The number of amides is 1. The van der Waals surface area contributed by atoms with Crippen molar-refractivity contribution in [1.29, 1.82) is 0 Å². The molecule has 0 bridgehead atoms. The molecule has 5 heteroatoms. The van der Waals surface area contributed by atoms with Crippen molar-refractivity contribution < 1.29 is 4.79 Å². The van der Waals surface area contributed by atoms with Gasteiger partial charge in [-0.2, -0.15) is 0 Å². The molecule has 3 nitrogen and oxygen atoms in total. The Labute approximate surface area is 116 Å². The summed E-state index contributed by atoms with van der Waals surface area (Å²) < 4.78 is 0. The summed E-state index contributed by atoms with van der Waals surface area (Å²) in [5.74, 6) is -0.0692. The summed E-state index contributed by atoms with van der Waals surface area (Å²) in [7, 11) is 0. The maximum atomic E-state index is 10.9. The first-order valence-corrected chi connectivity index (χ1v) is 6.21. The number of nitrogens with one attached hydrogen (secondary N) is 1. The Balaban J connectivity index is 0.00000162. The Morgan fingerprint density at radius 2 is 1.94 bits per heavy atom. The fraction of sp³-hybridized carbons (Fsp3) is 0.154. The van der Waals surface area contributed by atoms with E-state index < -0.39 is 0 Å². The van der Waals surface area contributed by atoms with E-state index >= 15 is 0 Å². The molecule has 0 aliphatic heterocycles. The van der Waals surface area contributed by atoms with E-state index in [2.05, 4.69) is 5.32 Å². The molecule has 0 saturated carbocycles. The van der Waals surface area contributed by atoms with Gasteiger partial charge in [-0.25, -0.2) is 0 Å². The van der Waals surface area contributed by atoms with Crippen molar-refractivity contribution in [3.05, 3.63) is 52.2 Å². The van der Waals surface area contributed by atoms with E-state index in [1.54, 1.807) is 11.3 Å². The average molecular weight is 283 g/mol. The summed E-state index contributed by atoms with van der Waals surface area (Å²) in [5, 5.41) is 4.74. The zero-order chi connectivity index (χ0) is 12.3. The van der Waals surface area contributed by atoms with E-state index in [1.807, 2.05) is 41.8 Å². The van der Waals surface area contributed by atoms with E-state index in [-0.39, 0.29) is 24.4 Å². The molecule has 0 fully saturated rings. The summed E-state index contributed by atoms with van der Waals surface area (Å²) in [6.07, 6.45) is 0. The molecule has 1 atom stereocenters. The fourth-order valence-corrected chi connectivity index (χ4v) is 2.36. The van der Waals surface area contributed by atoms with Gasteiger partial charge < -0.3 is 11.1 Å². The van der Waals surface area contributed by atoms with E-state index in [1.165, 1.54) is 6.92 Å². The van der Waals surface area contributed by atoms with Crippen molar-refractivity contribution in [2.24, 2.45) is 5.73 Å². The van der Waals surface area contributed by atoms with Crippen LogP contribution in [0.15, 0.2) is 41.8 Å². The van der Waals surface area contributed by atoms with Gasteiger partial charge in [-0.3, -0.25) is 4.79 Å². The number of hydrogen-bond acceptors (Lipinski definition) is 3. The zero-order valence-electron chi connectivity index (χ0n) is 9.92. The standard InChI is InChI=1S/C13H14N2OS.ClH/c1-9(16)15-11-6-4-10(5-7-11)13(14)12-3-2-8-17-12;/h2-8,13H,14H2,1H3,(H,15,16);1H/t13-;/m0./s1. The second-order valence-corrected chi connectivity index (χ2v) is 4.78. The Hall–Kier alpha value is -1.36. The molecule has 0 radical (unpaired) electrons. The van der Waals surface area contributed by atoms with Crippen LogP contribution in [0.3, 0.4) is 0 Å². The predicted molar refractivity (Wildman–Crippen MR) is 78.3 cm³/mol. The lowest BCUT2D eigenvalue weighted by Crippen LogP contribution is -2.10. The van der Waals surface area contributed by atoms with E-state index in [0.717, 1.165) is 16.1 Å². The van der Waals surface area contributed by atoms with Crippen LogP contribution in [-0.2, 0) is 4.79 Å². The van der Waals surface area contributed by atoms with Gasteiger partial charge in [0.05, 0.1) is 6.04 Å².